The second-order valence-electron chi connectivity index (χ2n) is 6.37. The van der Waals surface area contributed by atoms with E-state index in [-0.39, 0.29) is 11.7 Å². The van der Waals surface area contributed by atoms with Crippen LogP contribution in [-0.4, -0.2) is 30.4 Å². The summed E-state index contributed by atoms with van der Waals surface area (Å²) >= 11 is 0. The van der Waals surface area contributed by atoms with Crippen LogP contribution in [0.4, 0.5) is 4.39 Å². The molecule has 122 valence electrons. The van der Waals surface area contributed by atoms with E-state index >= 15 is 0 Å². The lowest BCUT2D eigenvalue weighted by atomic mass is 9.97. The third-order valence-electron chi connectivity index (χ3n) is 4.28. The smallest absolute Gasteiger partial charge is 0.234 e. The zero-order chi connectivity index (χ0) is 15.8. The molecule has 2 rings (SSSR count). The van der Waals surface area contributed by atoms with Crippen molar-refractivity contribution in [2.75, 3.05) is 13.6 Å². The SMILES string of the molecule is CN(CC(=O)NC1CCCCCCC1)Cc1ccccc1F. The Morgan fingerprint density at radius 3 is 2.50 bits per heavy atom. The molecule has 0 bridgehead atoms. The summed E-state index contributed by atoms with van der Waals surface area (Å²) in [5.74, 6) is -0.167. The van der Waals surface area contributed by atoms with Gasteiger partial charge in [-0.15, -0.1) is 0 Å². The Morgan fingerprint density at radius 2 is 1.82 bits per heavy atom. The Labute approximate surface area is 132 Å². The number of benzene rings is 1. The average molecular weight is 306 g/mol. The Hall–Kier alpha value is -1.42. The normalized spacial score (nSPS) is 17.0. The third-order valence-corrected chi connectivity index (χ3v) is 4.28. The number of hydrogen-bond acceptors (Lipinski definition) is 2. The molecule has 0 unspecified atom stereocenters. The van der Waals surface area contributed by atoms with E-state index in [1.807, 2.05) is 18.0 Å². The van der Waals surface area contributed by atoms with E-state index in [9.17, 15) is 9.18 Å². The number of nitrogens with zero attached hydrogens (tertiary/aromatic N) is 1. The maximum absolute atomic E-state index is 13.6. The molecule has 0 aliphatic heterocycles. The molecule has 1 saturated carbocycles. The Morgan fingerprint density at radius 1 is 1.18 bits per heavy atom. The molecule has 0 heterocycles. The highest BCUT2D eigenvalue weighted by molar-refractivity contribution is 5.78. The monoisotopic (exact) mass is 306 g/mol. The summed E-state index contributed by atoms with van der Waals surface area (Å²) in [6, 6.07) is 7.03. The summed E-state index contributed by atoms with van der Waals surface area (Å²) in [7, 11) is 1.85. The molecular weight excluding hydrogens is 279 g/mol. The summed E-state index contributed by atoms with van der Waals surface area (Å²) < 4.78 is 13.6. The molecule has 1 aliphatic carbocycles. The lowest BCUT2D eigenvalue weighted by Gasteiger charge is -2.23. The van der Waals surface area contributed by atoms with Gasteiger partial charge in [0.25, 0.3) is 0 Å². The molecule has 0 atom stereocenters. The van der Waals surface area contributed by atoms with Gasteiger partial charge in [-0.25, -0.2) is 4.39 Å². The Kier molecular flexibility index (Phi) is 6.84. The molecule has 3 nitrogen and oxygen atoms in total. The molecule has 1 aromatic rings. The minimum atomic E-state index is -0.213. The van der Waals surface area contributed by atoms with Gasteiger partial charge in [0.05, 0.1) is 6.54 Å². The summed E-state index contributed by atoms with van der Waals surface area (Å²) in [5.41, 5.74) is 0.628. The van der Waals surface area contributed by atoms with Gasteiger partial charge in [0.15, 0.2) is 0 Å². The van der Waals surface area contributed by atoms with Gasteiger partial charge in [0.2, 0.25) is 5.91 Å². The van der Waals surface area contributed by atoms with E-state index in [0.717, 1.165) is 12.8 Å². The van der Waals surface area contributed by atoms with Crippen LogP contribution in [0, 0.1) is 5.82 Å². The number of halogens is 1. The van der Waals surface area contributed by atoms with Crippen LogP contribution < -0.4 is 5.32 Å². The quantitative estimate of drug-likeness (QED) is 0.903. The van der Waals surface area contributed by atoms with E-state index in [1.165, 1.54) is 38.2 Å². The van der Waals surface area contributed by atoms with E-state index in [0.29, 0.717) is 24.7 Å². The highest BCUT2D eigenvalue weighted by atomic mass is 19.1. The zero-order valence-corrected chi connectivity index (χ0v) is 13.5. The fourth-order valence-electron chi connectivity index (χ4n) is 3.09. The summed E-state index contributed by atoms with van der Waals surface area (Å²) in [6.45, 7) is 0.760. The molecule has 0 saturated heterocycles. The van der Waals surface area contributed by atoms with Crippen molar-refractivity contribution in [1.82, 2.24) is 10.2 Å². The molecule has 1 aliphatic rings. The van der Waals surface area contributed by atoms with Crippen molar-refractivity contribution in [2.45, 2.75) is 57.5 Å². The standard InChI is InChI=1S/C18H27FN2O/c1-21(13-15-9-7-8-12-17(15)19)14-18(22)20-16-10-5-3-2-4-6-11-16/h7-9,12,16H,2-6,10-11,13-14H2,1H3,(H,20,22). The van der Waals surface area contributed by atoms with Crippen molar-refractivity contribution in [3.63, 3.8) is 0 Å². The molecule has 0 radical (unpaired) electrons. The second-order valence-corrected chi connectivity index (χ2v) is 6.37. The Bertz CT molecular complexity index is 470. The molecule has 0 aromatic heterocycles. The first-order valence-corrected chi connectivity index (χ1v) is 8.36. The van der Waals surface area contributed by atoms with Gasteiger partial charge in [-0.2, -0.15) is 0 Å². The molecule has 4 heteroatoms. The van der Waals surface area contributed by atoms with Crippen LogP contribution >= 0.6 is 0 Å². The number of carbonyl (C=O) groups is 1. The topological polar surface area (TPSA) is 32.3 Å². The lowest BCUT2D eigenvalue weighted by molar-refractivity contribution is -0.122. The van der Waals surface area contributed by atoms with E-state index in [1.54, 1.807) is 12.1 Å². The molecular formula is C18H27FN2O. The average Bonchev–Trinajstić information content (AvgIpc) is 2.44. The summed E-state index contributed by atoms with van der Waals surface area (Å²) in [5, 5.41) is 3.14. The highest BCUT2D eigenvalue weighted by Crippen LogP contribution is 2.17. The van der Waals surface area contributed by atoms with Crippen LogP contribution in [-0.2, 0) is 11.3 Å². The van der Waals surface area contributed by atoms with Crippen molar-refractivity contribution in [3.05, 3.63) is 35.6 Å². The molecule has 1 amide bonds. The Balaban J connectivity index is 1.77. The van der Waals surface area contributed by atoms with Crippen LogP contribution in [0.25, 0.3) is 0 Å². The van der Waals surface area contributed by atoms with Crippen molar-refractivity contribution in [2.24, 2.45) is 0 Å². The number of amides is 1. The predicted octanol–water partition coefficient (Wildman–Crippen LogP) is 3.49. The fourth-order valence-corrected chi connectivity index (χ4v) is 3.09. The van der Waals surface area contributed by atoms with Crippen molar-refractivity contribution in [1.29, 1.82) is 0 Å². The van der Waals surface area contributed by atoms with Crippen LogP contribution in [0.2, 0.25) is 0 Å². The lowest BCUT2D eigenvalue weighted by Crippen LogP contribution is -2.41. The number of likely N-dealkylation sites (N-methyl/N-ethyl adjacent to an activating group) is 1. The van der Waals surface area contributed by atoms with Crippen LogP contribution in [0.5, 0.6) is 0 Å². The van der Waals surface area contributed by atoms with Gasteiger partial charge in [-0.05, 0) is 26.0 Å². The molecule has 1 N–H and O–H groups in total. The first kappa shape index (κ1) is 16.9. The molecule has 0 spiro atoms. The fraction of sp³-hybridized carbons (Fsp3) is 0.611. The molecule has 1 aromatic carbocycles. The van der Waals surface area contributed by atoms with Crippen LogP contribution in [0.1, 0.15) is 50.5 Å². The maximum atomic E-state index is 13.6. The first-order valence-electron chi connectivity index (χ1n) is 8.36. The van der Waals surface area contributed by atoms with Crippen LogP contribution in [0.15, 0.2) is 24.3 Å². The van der Waals surface area contributed by atoms with Gasteiger partial charge in [-0.3, -0.25) is 9.69 Å². The van der Waals surface area contributed by atoms with Gasteiger partial charge >= 0.3 is 0 Å². The van der Waals surface area contributed by atoms with Crippen molar-refractivity contribution < 1.29 is 9.18 Å². The number of hydrogen-bond donors (Lipinski definition) is 1. The number of carbonyl (C=O) groups excluding carboxylic acids is 1. The predicted molar refractivity (Wildman–Crippen MR) is 87.0 cm³/mol. The zero-order valence-electron chi connectivity index (χ0n) is 13.5. The minimum absolute atomic E-state index is 0.0458. The summed E-state index contributed by atoms with van der Waals surface area (Å²) in [6.07, 6.45) is 8.46. The van der Waals surface area contributed by atoms with Crippen molar-refractivity contribution in [3.8, 4) is 0 Å². The van der Waals surface area contributed by atoms with Gasteiger partial charge < -0.3 is 5.32 Å². The third kappa shape index (κ3) is 5.76. The van der Waals surface area contributed by atoms with E-state index in [4.69, 9.17) is 0 Å². The summed E-state index contributed by atoms with van der Waals surface area (Å²) in [4.78, 5) is 14.0. The highest BCUT2D eigenvalue weighted by Gasteiger charge is 2.15. The van der Waals surface area contributed by atoms with E-state index in [2.05, 4.69) is 5.32 Å². The van der Waals surface area contributed by atoms with Crippen LogP contribution in [0.3, 0.4) is 0 Å². The second kappa shape index (κ2) is 8.89. The van der Waals surface area contributed by atoms with Gasteiger partial charge in [0, 0.05) is 18.2 Å². The van der Waals surface area contributed by atoms with Crippen molar-refractivity contribution >= 4 is 5.91 Å². The van der Waals surface area contributed by atoms with E-state index < -0.39 is 0 Å². The largest absolute Gasteiger partial charge is 0.352 e. The first-order chi connectivity index (χ1) is 10.6. The molecule has 22 heavy (non-hydrogen) atoms. The van der Waals surface area contributed by atoms with Gasteiger partial charge in [0.1, 0.15) is 5.82 Å². The number of rotatable bonds is 5. The molecule has 1 fully saturated rings. The maximum Gasteiger partial charge on any atom is 0.234 e. The number of nitrogens with one attached hydrogen (secondary N) is 1. The van der Waals surface area contributed by atoms with Gasteiger partial charge in [-0.1, -0.05) is 50.3 Å². The minimum Gasteiger partial charge on any atom is -0.352 e.